The summed E-state index contributed by atoms with van der Waals surface area (Å²) in [6.07, 6.45) is 3.56. The fourth-order valence-electron chi connectivity index (χ4n) is 3.08. The van der Waals surface area contributed by atoms with E-state index in [-0.39, 0.29) is 18.6 Å². The van der Waals surface area contributed by atoms with Crippen molar-refractivity contribution in [3.8, 4) is 0 Å². The summed E-state index contributed by atoms with van der Waals surface area (Å²) in [7, 11) is 0. The van der Waals surface area contributed by atoms with Crippen LogP contribution in [0, 0.1) is 0 Å². The van der Waals surface area contributed by atoms with Gasteiger partial charge in [0.15, 0.2) is 0 Å². The molecule has 1 aromatic heterocycles. The van der Waals surface area contributed by atoms with Crippen LogP contribution in [0.15, 0.2) is 34.9 Å². The molecule has 0 aliphatic carbocycles. The Kier molecular flexibility index (Phi) is 4.99. The Morgan fingerprint density at radius 3 is 2.96 bits per heavy atom. The van der Waals surface area contributed by atoms with Gasteiger partial charge in [-0.05, 0) is 43.5 Å². The van der Waals surface area contributed by atoms with Crippen LogP contribution in [0.2, 0.25) is 0 Å². The number of hydrogen-bond acceptors (Lipinski definition) is 4. The average Bonchev–Trinajstić information content (AvgIpc) is 2.59. The van der Waals surface area contributed by atoms with Gasteiger partial charge in [-0.1, -0.05) is 15.9 Å². The number of aromatic nitrogens is 1. The topological polar surface area (TPSA) is 85.5 Å². The highest BCUT2D eigenvalue weighted by atomic mass is 79.9. The van der Waals surface area contributed by atoms with Gasteiger partial charge < -0.3 is 15.4 Å². The highest BCUT2D eigenvalue weighted by Gasteiger charge is 2.29. The Morgan fingerprint density at radius 1 is 1.33 bits per heavy atom. The standard InChI is InChI=1S/C17H18BrN3O3/c18-11-4-5-15-14(9-11)13(6-7-20-15)16(22)21-8-2-1-3-12(21)10-24-17(19)23/h4-7,9,12H,1-3,8,10H2,(H2,19,23). The number of pyridine rings is 1. The maximum atomic E-state index is 13.1. The number of benzene rings is 1. The lowest BCUT2D eigenvalue weighted by atomic mass is 10.00. The van der Waals surface area contributed by atoms with E-state index in [2.05, 4.69) is 20.9 Å². The van der Waals surface area contributed by atoms with E-state index in [1.807, 2.05) is 18.2 Å². The molecule has 1 aliphatic rings. The molecule has 1 aliphatic heterocycles. The molecule has 0 radical (unpaired) electrons. The van der Waals surface area contributed by atoms with E-state index >= 15 is 0 Å². The fourth-order valence-corrected chi connectivity index (χ4v) is 3.44. The molecule has 24 heavy (non-hydrogen) atoms. The molecule has 126 valence electrons. The number of likely N-dealkylation sites (tertiary alicyclic amines) is 1. The molecule has 0 saturated carbocycles. The number of primary amides is 1. The number of fused-ring (bicyclic) bond motifs is 1. The molecule has 2 amide bonds. The maximum absolute atomic E-state index is 13.1. The lowest BCUT2D eigenvalue weighted by Gasteiger charge is -2.35. The number of ether oxygens (including phenoxy) is 1. The van der Waals surface area contributed by atoms with E-state index in [4.69, 9.17) is 10.5 Å². The number of nitrogens with zero attached hydrogens (tertiary/aromatic N) is 2. The molecule has 3 rings (SSSR count). The zero-order valence-electron chi connectivity index (χ0n) is 13.1. The van der Waals surface area contributed by atoms with Crippen LogP contribution in [0.3, 0.4) is 0 Å². The summed E-state index contributed by atoms with van der Waals surface area (Å²) in [5.74, 6) is -0.0710. The largest absolute Gasteiger partial charge is 0.448 e. The van der Waals surface area contributed by atoms with Gasteiger partial charge in [0.05, 0.1) is 17.1 Å². The van der Waals surface area contributed by atoms with E-state index in [0.29, 0.717) is 12.1 Å². The Morgan fingerprint density at radius 2 is 2.17 bits per heavy atom. The third-order valence-corrected chi connectivity index (χ3v) is 4.73. The minimum atomic E-state index is -0.814. The second kappa shape index (κ2) is 7.17. The molecular formula is C17H18BrN3O3. The normalized spacial score (nSPS) is 17.7. The fraction of sp³-hybridized carbons (Fsp3) is 0.353. The predicted molar refractivity (Wildman–Crippen MR) is 93.7 cm³/mol. The molecule has 6 nitrogen and oxygen atoms in total. The Labute approximate surface area is 148 Å². The number of carbonyl (C=O) groups excluding carboxylic acids is 2. The summed E-state index contributed by atoms with van der Waals surface area (Å²) in [6, 6.07) is 7.26. The molecule has 2 N–H and O–H groups in total. The molecule has 1 saturated heterocycles. The summed E-state index contributed by atoms with van der Waals surface area (Å²) in [4.78, 5) is 30.1. The zero-order valence-corrected chi connectivity index (χ0v) is 14.7. The number of nitrogens with two attached hydrogens (primary N) is 1. The minimum Gasteiger partial charge on any atom is -0.448 e. The molecule has 2 aromatic rings. The number of amides is 2. The third kappa shape index (κ3) is 3.51. The van der Waals surface area contributed by atoms with Gasteiger partial charge in [-0.25, -0.2) is 4.79 Å². The lowest BCUT2D eigenvalue weighted by Crippen LogP contribution is -2.46. The molecule has 2 heterocycles. The van der Waals surface area contributed by atoms with Gasteiger partial charge in [0.1, 0.15) is 6.61 Å². The zero-order chi connectivity index (χ0) is 17.1. The van der Waals surface area contributed by atoms with E-state index in [1.54, 1.807) is 17.2 Å². The van der Waals surface area contributed by atoms with Gasteiger partial charge in [-0.2, -0.15) is 0 Å². The quantitative estimate of drug-likeness (QED) is 0.870. The highest BCUT2D eigenvalue weighted by Crippen LogP contribution is 2.25. The van der Waals surface area contributed by atoms with Crippen LogP contribution in [-0.2, 0) is 4.74 Å². The summed E-state index contributed by atoms with van der Waals surface area (Å²) in [5.41, 5.74) is 6.43. The van der Waals surface area contributed by atoms with Crippen molar-refractivity contribution in [2.24, 2.45) is 5.73 Å². The summed E-state index contributed by atoms with van der Waals surface area (Å²) < 4.78 is 5.82. The second-order valence-electron chi connectivity index (χ2n) is 5.80. The lowest BCUT2D eigenvalue weighted by molar-refractivity contribution is 0.0463. The van der Waals surface area contributed by atoms with Crippen LogP contribution in [0.4, 0.5) is 4.79 Å². The van der Waals surface area contributed by atoms with Crippen molar-refractivity contribution >= 4 is 38.8 Å². The Hall–Kier alpha value is -2.15. The SMILES string of the molecule is NC(=O)OCC1CCCCN1C(=O)c1ccnc2ccc(Br)cc12. The Bertz CT molecular complexity index is 781. The number of hydrogen-bond donors (Lipinski definition) is 1. The van der Waals surface area contributed by atoms with E-state index in [1.165, 1.54) is 0 Å². The van der Waals surface area contributed by atoms with Gasteiger partial charge in [0, 0.05) is 22.6 Å². The van der Waals surface area contributed by atoms with Crippen molar-refractivity contribution in [1.29, 1.82) is 0 Å². The van der Waals surface area contributed by atoms with Crippen molar-refractivity contribution in [1.82, 2.24) is 9.88 Å². The van der Waals surface area contributed by atoms with Crippen LogP contribution in [0.25, 0.3) is 10.9 Å². The van der Waals surface area contributed by atoms with Crippen molar-refractivity contribution in [2.75, 3.05) is 13.2 Å². The second-order valence-corrected chi connectivity index (χ2v) is 6.71. The summed E-state index contributed by atoms with van der Waals surface area (Å²) >= 11 is 3.44. The van der Waals surface area contributed by atoms with E-state index in [0.717, 1.165) is 34.6 Å². The first-order valence-electron chi connectivity index (χ1n) is 7.84. The van der Waals surface area contributed by atoms with Crippen LogP contribution in [-0.4, -0.2) is 41.1 Å². The monoisotopic (exact) mass is 391 g/mol. The molecular weight excluding hydrogens is 374 g/mol. The van der Waals surface area contributed by atoms with Crippen molar-refractivity contribution in [3.63, 3.8) is 0 Å². The molecule has 0 bridgehead atoms. The maximum Gasteiger partial charge on any atom is 0.404 e. The first-order chi connectivity index (χ1) is 11.6. The van der Waals surface area contributed by atoms with Crippen LogP contribution < -0.4 is 5.73 Å². The van der Waals surface area contributed by atoms with Gasteiger partial charge in [0.2, 0.25) is 0 Å². The molecule has 1 fully saturated rings. The average molecular weight is 392 g/mol. The predicted octanol–water partition coefficient (Wildman–Crippen LogP) is 3.09. The van der Waals surface area contributed by atoms with E-state index < -0.39 is 6.09 Å². The summed E-state index contributed by atoms with van der Waals surface area (Å²) in [6.45, 7) is 0.775. The van der Waals surface area contributed by atoms with Crippen molar-refractivity contribution in [3.05, 3.63) is 40.5 Å². The number of piperidine rings is 1. The van der Waals surface area contributed by atoms with Crippen LogP contribution in [0.5, 0.6) is 0 Å². The summed E-state index contributed by atoms with van der Waals surface area (Å²) in [5, 5.41) is 0.803. The van der Waals surface area contributed by atoms with Gasteiger partial charge in [0.25, 0.3) is 5.91 Å². The molecule has 1 aromatic carbocycles. The number of halogens is 1. The smallest absolute Gasteiger partial charge is 0.404 e. The molecule has 1 atom stereocenters. The van der Waals surface area contributed by atoms with E-state index in [9.17, 15) is 9.59 Å². The molecule has 0 spiro atoms. The molecule has 7 heteroatoms. The highest BCUT2D eigenvalue weighted by molar-refractivity contribution is 9.10. The van der Waals surface area contributed by atoms with Gasteiger partial charge >= 0.3 is 6.09 Å². The van der Waals surface area contributed by atoms with Gasteiger partial charge in [-0.3, -0.25) is 9.78 Å². The first-order valence-corrected chi connectivity index (χ1v) is 8.63. The Balaban J connectivity index is 1.92. The van der Waals surface area contributed by atoms with Crippen LogP contribution >= 0.6 is 15.9 Å². The number of rotatable bonds is 3. The minimum absolute atomic E-state index is 0.0710. The third-order valence-electron chi connectivity index (χ3n) is 4.24. The van der Waals surface area contributed by atoms with Crippen molar-refractivity contribution < 1.29 is 14.3 Å². The van der Waals surface area contributed by atoms with Crippen molar-refractivity contribution in [2.45, 2.75) is 25.3 Å². The van der Waals surface area contributed by atoms with Gasteiger partial charge in [-0.15, -0.1) is 0 Å². The molecule has 1 unspecified atom stereocenters. The first kappa shape index (κ1) is 16.7. The van der Waals surface area contributed by atoms with Crippen LogP contribution in [0.1, 0.15) is 29.6 Å². The number of carbonyl (C=O) groups is 2.